The summed E-state index contributed by atoms with van der Waals surface area (Å²) in [5.41, 5.74) is 5.87. The summed E-state index contributed by atoms with van der Waals surface area (Å²) in [4.78, 5) is 26.8. The van der Waals surface area contributed by atoms with Crippen LogP contribution in [0.1, 0.15) is 34.7 Å². The maximum absolute atomic E-state index is 12.7. The van der Waals surface area contributed by atoms with Crippen LogP contribution in [0.5, 0.6) is 5.75 Å². The van der Waals surface area contributed by atoms with E-state index in [0.717, 1.165) is 0 Å². The minimum Gasteiger partial charge on any atom is -0.453 e. The zero-order valence-corrected chi connectivity index (χ0v) is 19.3. The van der Waals surface area contributed by atoms with Crippen LogP contribution < -0.4 is 15.8 Å². The lowest BCUT2D eigenvalue weighted by Gasteiger charge is -2.26. The predicted octanol–water partition coefficient (Wildman–Crippen LogP) is -0.569. The Morgan fingerprint density at radius 2 is 1.91 bits per heavy atom. The molecule has 0 spiro atoms. The van der Waals surface area contributed by atoms with Crippen LogP contribution in [0.4, 0.5) is 0 Å². The van der Waals surface area contributed by atoms with E-state index in [9.17, 15) is 28.2 Å². The van der Waals surface area contributed by atoms with Gasteiger partial charge >= 0.3 is 5.97 Å². The molecule has 1 amide bonds. The number of furan rings is 1. The molecule has 2 aromatic rings. The highest BCUT2D eigenvalue weighted by Gasteiger charge is 2.34. The van der Waals surface area contributed by atoms with E-state index in [2.05, 4.69) is 5.32 Å². The van der Waals surface area contributed by atoms with Gasteiger partial charge in [-0.15, -0.1) is 0 Å². The normalized spacial score (nSPS) is 17.3. The number of nitrogens with zero attached hydrogens (tertiary/aromatic N) is 1. The van der Waals surface area contributed by atoms with E-state index >= 15 is 0 Å². The average molecular weight is 511 g/mol. The van der Waals surface area contributed by atoms with Crippen molar-refractivity contribution < 1.29 is 41.9 Å². The van der Waals surface area contributed by atoms with Gasteiger partial charge in [0.15, 0.2) is 6.29 Å². The number of hydrogen-bond donors (Lipinski definition) is 6. The Morgan fingerprint density at radius 1 is 1.23 bits per heavy atom. The van der Waals surface area contributed by atoms with Gasteiger partial charge < -0.3 is 30.4 Å². The average Bonchev–Trinajstić information content (AvgIpc) is 3.42. The van der Waals surface area contributed by atoms with Gasteiger partial charge in [-0.25, -0.2) is 4.79 Å². The molecular formula is C21H26N4O9S. The van der Waals surface area contributed by atoms with E-state index in [-0.39, 0.29) is 23.9 Å². The first-order valence-corrected chi connectivity index (χ1v) is 12.1. The molecule has 1 aliphatic rings. The van der Waals surface area contributed by atoms with Crippen molar-refractivity contribution in [1.82, 2.24) is 10.2 Å². The molecule has 7 N–H and O–H groups in total. The maximum atomic E-state index is 12.7. The van der Waals surface area contributed by atoms with Crippen LogP contribution in [0.25, 0.3) is 0 Å². The van der Waals surface area contributed by atoms with Crippen molar-refractivity contribution in [3.8, 4) is 5.75 Å². The SMILES string of the molecule is N=C(N)c1ccc(OC(=O)c2ccc(CN3CCC[C@@H]3C(=O)N[C@@H](CS(=O)(=O)O)C(O)O)o2)cc1. The minimum atomic E-state index is -4.56. The van der Waals surface area contributed by atoms with Gasteiger partial charge in [0, 0.05) is 5.56 Å². The van der Waals surface area contributed by atoms with Gasteiger partial charge in [-0.2, -0.15) is 8.42 Å². The van der Waals surface area contributed by atoms with Crippen LogP contribution in [-0.4, -0.2) is 76.5 Å². The Balaban J connectivity index is 1.60. The maximum Gasteiger partial charge on any atom is 0.379 e. The van der Waals surface area contributed by atoms with E-state index in [1.807, 2.05) is 0 Å². The molecule has 190 valence electrons. The van der Waals surface area contributed by atoms with E-state index in [1.165, 1.54) is 30.3 Å². The van der Waals surface area contributed by atoms with E-state index in [1.54, 1.807) is 11.0 Å². The molecule has 1 aromatic heterocycles. The van der Waals surface area contributed by atoms with Gasteiger partial charge in [0.05, 0.1) is 18.6 Å². The predicted molar refractivity (Wildman–Crippen MR) is 121 cm³/mol. The van der Waals surface area contributed by atoms with Gasteiger partial charge in [-0.3, -0.25) is 19.7 Å². The van der Waals surface area contributed by atoms with Crippen molar-refractivity contribution in [3.05, 3.63) is 53.5 Å². The minimum absolute atomic E-state index is 0.0625. The molecule has 1 saturated heterocycles. The summed E-state index contributed by atoms with van der Waals surface area (Å²) >= 11 is 0. The van der Waals surface area contributed by atoms with Crippen LogP contribution in [-0.2, 0) is 21.5 Å². The Hall–Kier alpha value is -3.30. The third-order valence-electron chi connectivity index (χ3n) is 5.34. The largest absolute Gasteiger partial charge is 0.453 e. The first-order chi connectivity index (χ1) is 16.4. The molecule has 0 saturated carbocycles. The number of aliphatic hydroxyl groups excluding tert-OH is 1. The number of ether oxygens (including phenoxy) is 1. The molecule has 13 nitrogen and oxygen atoms in total. The summed E-state index contributed by atoms with van der Waals surface area (Å²) in [5.74, 6) is -2.00. The number of amides is 1. The van der Waals surface area contributed by atoms with Crippen molar-refractivity contribution in [1.29, 1.82) is 5.41 Å². The third kappa shape index (κ3) is 7.34. The number of rotatable bonds is 10. The van der Waals surface area contributed by atoms with Gasteiger partial charge in [-0.05, 0) is 55.8 Å². The standard InChI is InChI=1S/C21H26N4O9S/c22-18(23)12-3-5-13(6-4-12)34-21(29)17-8-7-14(33-17)10-25-9-1-2-16(25)19(26)24-15(20(27)28)11-35(30,31)32/h3-8,15-16,20,27-28H,1-2,9-11H2,(H3,22,23)(H,24,26)(H,30,31,32)/t15-,16+/m0/s1. The fourth-order valence-corrected chi connectivity index (χ4v) is 4.36. The van der Waals surface area contributed by atoms with Crippen molar-refractivity contribution in [2.45, 2.75) is 37.8 Å². The van der Waals surface area contributed by atoms with Crippen molar-refractivity contribution in [2.24, 2.45) is 5.73 Å². The highest BCUT2D eigenvalue weighted by atomic mass is 32.2. The molecular weight excluding hydrogens is 484 g/mol. The molecule has 2 atom stereocenters. The van der Waals surface area contributed by atoms with E-state index in [0.29, 0.717) is 30.7 Å². The van der Waals surface area contributed by atoms with Crippen LogP contribution in [0.3, 0.4) is 0 Å². The number of benzene rings is 1. The number of carbonyl (C=O) groups excluding carboxylic acids is 2. The number of aliphatic hydroxyl groups is 2. The number of carbonyl (C=O) groups is 2. The Kier molecular flexibility index (Phi) is 8.24. The molecule has 1 aliphatic heterocycles. The number of esters is 1. The van der Waals surface area contributed by atoms with Gasteiger partial charge in [0.2, 0.25) is 11.7 Å². The second kappa shape index (κ2) is 11.0. The topological polar surface area (TPSA) is 216 Å². The van der Waals surface area contributed by atoms with Crippen molar-refractivity contribution in [3.63, 3.8) is 0 Å². The molecule has 14 heteroatoms. The molecule has 0 aliphatic carbocycles. The number of nitrogens with two attached hydrogens (primary N) is 1. The molecule has 1 fully saturated rings. The molecule has 0 unspecified atom stereocenters. The number of hydrogen-bond acceptors (Lipinski definition) is 10. The Labute approximate surface area is 200 Å². The number of likely N-dealkylation sites (tertiary alicyclic amines) is 1. The Morgan fingerprint density at radius 3 is 2.51 bits per heavy atom. The summed E-state index contributed by atoms with van der Waals surface area (Å²) in [6, 6.07) is 6.72. The van der Waals surface area contributed by atoms with Crippen molar-refractivity contribution >= 4 is 27.8 Å². The number of nitrogen functional groups attached to an aromatic ring is 1. The summed E-state index contributed by atoms with van der Waals surface area (Å²) in [7, 11) is -4.56. The monoisotopic (exact) mass is 510 g/mol. The van der Waals surface area contributed by atoms with Crippen LogP contribution in [0, 0.1) is 5.41 Å². The summed E-state index contributed by atoms with van der Waals surface area (Å²) in [5, 5.41) is 28.3. The van der Waals surface area contributed by atoms with Gasteiger partial charge in [-0.1, -0.05) is 0 Å². The number of amidine groups is 1. The number of nitrogens with one attached hydrogen (secondary N) is 2. The molecule has 35 heavy (non-hydrogen) atoms. The molecule has 2 heterocycles. The summed E-state index contributed by atoms with van der Waals surface area (Å²) in [6.45, 7) is 0.662. The highest BCUT2D eigenvalue weighted by molar-refractivity contribution is 7.85. The first-order valence-electron chi connectivity index (χ1n) is 10.5. The lowest BCUT2D eigenvalue weighted by molar-refractivity contribution is -0.130. The lowest BCUT2D eigenvalue weighted by atomic mass is 10.2. The van der Waals surface area contributed by atoms with Gasteiger partial charge in [0.25, 0.3) is 10.1 Å². The van der Waals surface area contributed by atoms with E-state index in [4.69, 9.17) is 24.8 Å². The first kappa shape index (κ1) is 26.3. The fourth-order valence-electron chi connectivity index (χ4n) is 3.65. The molecule has 1 aromatic carbocycles. The molecule has 0 radical (unpaired) electrons. The van der Waals surface area contributed by atoms with E-state index < -0.39 is 46.1 Å². The van der Waals surface area contributed by atoms with Gasteiger partial charge in [0.1, 0.15) is 23.1 Å². The second-order valence-corrected chi connectivity index (χ2v) is 9.50. The quantitative estimate of drug-likeness (QED) is 0.0594. The van der Waals surface area contributed by atoms with Crippen LogP contribution in [0.2, 0.25) is 0 Å². The van der Waals surface area contributed by atoms with Crippen LogP contribution >= 0.6 is 0 Å². The summed E-state index contributed by atoms with van der Waals surface area (Å²) < 4.78 is 41.9. The highest BCUT2D eigenvalue weighted by Crippen LogP contribution is 2.22. The smallest absolute Gasteiger partial charge is 0.379 e. The summed E-state index contributed by atoms with van der Waals surface area (Å²) in [6.07, 6.45) is -1.11. The molecule has 0 bridgehead atoms. The van der Waals surface area contributed by atoms with Crippen molar-refractivity contribution in [2.75, 3.05) is 12.3 Å². The zero-order valence-electron chi connectivity index (χ0n) is 18.5. The lowest BCUT2D eigenvalue weighted by Crippen LogP contribution is -2.52. The zero-order chi connectivity index (χ0) is 25.8. The second-order valence-electron chi connectivity index (χ2n) is 8.00. The Bertz CT molecular complexity index is 1180. The van der Waals surface area contributed by atoms with Crippen LogP contribution in [0.15, 0.2) is 40.8 Å². The molecule has 3 rings (SSSR count). The third-order valence-corrected chi connectivity index (χ3v) is 6.12. The fraction of sp³-hybridized carbons (Fsp3) is 0.381.